The predicted octanol–water partition coefficient (Wildman–Crippen LogP) is 5.42. The lowest BCUT2D eigenvalue weighted by atomic mass is 10.1. The molecule has 2 aromatic carbocycles. The molecule has 1 N–H and O–H groups in total. The first-order valence-electron chi connectivity index (χ1n) is 6.66. The van der Waals surface area contributed by atoms with Crippen LogP contribution in [0.5, 0.6) is 0 Å². The molecule has 2 rings (SSSR count). The third-order valence-corrected chi connectivity index (χ3v) is 4.13. The van der Waals surface area contributed by atoms with Gasteiger partial charge in [0.25, 0.3) is 0 Å². The lowest BCUT2D eigenvalue weighted by Gasteiger charge is -2.18. The van der Waals surface area contributed by atoms with E-state index in [-0.39, 0.29) is 6.04 Å². The van der Waals surface area contributed by atoms with Gasteiger partial charge in [-0.3, -0.25) is 0 Å². The predicted molar refractivity (Wildman–Crippen MR) is 85.8 cm³/mol. The molecule has 0 aromatic heterocycles. The summed E-state index contributed by atoms with van der Waals surface area (Å²) in [6.45, 7) is 5.52. The smallest absolute Gasteiger partial charge is 0.164 e. The zero-order chi connectivity index (χ0) is 15.2. The lowest BCUT2D eigenvalue weighted by molar-refractivity contribution is 0.494. The highest BCUT2D eigenvalue weighted by Crippen LogP contribution is 2.30. The minimum Gasteiger partial charge on any atom is -0.378 e. The first kappa shape index (κ1) is 15.6. The van der Waals surface area contributed by atoms with E-state index in [9.17, 15) is 8.78 Å². The minimum atomic E-state index is -0.824. The molecule has 21 heavy (non-hydrogen) atoms. The van der Waals surface area contributed by atoms with E-state index in [1.165, 1.54) is 6.07 Å². The van der Waals surface area contributed by atoms with Crippen LogP contribution < -0.4 is 5.32 Å². The van der Waals surface area contributed by atoms with Crippen molar-refractivity contribution in [3.8, 4) is 0 Å². The molecule has 0 fully saturated rings. The second kappa shape index (κ2) is 7.27. The Morgan fingerprint density at radius 1 is 1.19 bits per heavy atom. The molecule has 0 saturated heterocycles. The van der Waals surface area contributed by atoms with Gasteiger partial charge < -0.3 is 5.32 Å². The van der Waals surface area contributed by atoms with Crippen LogP contribution in [0.3, 0.4) is 0 Å². The van der Waals surface area contributed by atoms with E-state index in [2.05, 4.69) is 11.9 Å². The third kappa shape index (κ3) is 3.85. The minimum absolute atomic E-state index is 0.318. The average molecular weight is 305 g/mol. The van der Waals surface area contributed by atoms with Gasteiger partial charge >= 0.3 is 0 Å². The summed E-state index contributed by atoms with van der Waals surface area (Å²) >= 11 is 1.64. The van der Waals surface area contributed by atoms with Crippen LogP contribution in [0.1, 0.15) is 18.5 Å². The molecule has 1 unspecified atom stereocenters. The van der Waals surface area contributed by atoms with Gasteiger partial charge in [-0.2, -0.15) is 0 Å². The van der Waals surface area contributed by atoms with Crippen molar-refractivity contribution in [1.29, 1.82) is 0 Å². The number of hydrogen-bond acceptors (Lipinski definition) is 2. The highest BCUT2D eigenvalue weighted by molar-refractivity contribution is 7.99. The Balaban J connectivity index is 2.21. The standard InChI is InChI=1S/C17H17F2NS/c1-3-11-21-16-10-5-4-9-15(16)20-12(2)13-7-6-8-14(18)17(13)19/h3-10,12,20H,1,11H2,2H3. The maximum atomic E-state index is 13.8. The number of thioether (sulfide) groups is 1. The fourth-order valence-corrected chi connectivity index (χ4v) is 2.78. The summed E-state index contributed by atoms with van der Waals surface area (Å²) in [7, 11) is 0. The van der Waals surface area contributed by atoms with Crippen molar-refractivity contribution < 1.29 is 8.78 Å². The second-order valence-corrected chi connectivity index (χ2v) is 5.67. The molecule has 0 bridgehead atoms. The van der Waals surface area contributed by atoms with Crippen molar-refractivity contribution >= 4 is 17.4 Å². The van der Waals surface area contributed by atoms with Crippen molar-refractivity contribution in [2.24, 2.45) is 0 Å². The van der Waals surface area contributed by atoms with Crippen LogP contribution >= 0.6 is 11.8 Å². The Bertz CT molecular complexity index is 628. The molecule has 0 radical (unpaired) electrons. The zero-order valence-corrected chi connectivity index (χ0v) is 12.6. The van der Waals surface area contributed by atoms with E-state index >= 15 is 0 Å². The van der Waals surface area contributed by atoms with Gasteiger partial charge in [0, 0.05) is 21.9 Å². The Morgan fingerprint density at radius 2 is 1.95 bits per heavy atom. The summed E-state index contributed by atoms with van der Waals surface area (Å²) in [5, 5.41) is 3.24. The van der Waals surface area contributed by atoms with Gasteiger partial charge in [0.05, 0.1) is 6.04 Å². The van der Waals surface area contributed by atoms with Crippen molar-refractivity contribution in [2.75, 3.05) is 11.1 Å². The number of anilines is 1. The van der Waals surface area contributed by atoms with E-state index in [1.54, 1.807) is 17.8 Å². The summed E-state index contributed by atoms with van der Waals surface area (Å²) in [6, 6.07) is 11.7. The van der Waals surface area contributed by atoms with Crippen LogP contribution in [-0.2, 0) is 0 Å². The molecule has 110 valence electrons. The highest BCUT2D eigenvalue weighted by atomic mass is 32.2. The van der Waals surface area contributed by atoms with Crippen LogP contribution in [0.2, 0.25) is 0 Å². The van der Waals surface area contributed by atoms with E-state index in [4.69, 9.17) is 0 Å². The van der Waals surface area contributed by atoms with Crippen LogP contribution in [0.25, 0.3) is 0 Å². The fraction of sp³-hybridized carbons (Fsp3) is 0.176. The number of nitrogens with one attached hydrogen (secondary N) is 1. The molecule has 4 heteroatoms. The molecule has 0 spiro atoms. The molecular weight excluding hydrogens is 288 g/mol. The number of hydrogen-bond donors (Lipinski definition) is 1. The molecule has 0 saturated carbocycles. The van der Waals surface area contributed by atoms with Crippen molar-refractivity contribution in [3.05, 3.63) is 72.3 Å². The van der Waals surface area contributed by atoms with Gasteiger partial charge in [0.1, 0.15) is 0 Å². The molecule has 0 aliphatic heterocycles. The number of para-hydroxylation sites is 1. The maximum absolute atomic E-state index is 13.8. The van der Waals surface area contributed by atoms with E-state index in [1.807, 2.05) is 37.3 Å². The van der Waals surface area contributed by atoms with Gasteiger partial charge in [0.2, 0.25) is 0 Å². The van der Waals surface area contributed by atoms with Crippen LogP contribution in [0.4, 0.5) is 14.5 Å². The summed E-state index contributed by atoms with van der Waals surface area (Å²) in [5.41, 5.74) is 1.22. The maximum Gasteiger partial charge on any atom is 0.164 e. The molecule has 0 heterocycles. The Hall–Kier alpha value is -1.81. The first-order valence-corrected chi connectivity index (χ1v) is 7.65. The van der Waals surface area contributed by atoms with Gasteiger partial charge in [-0.05, 0) is 25.1 Å². The average Bonchev–Trinajstić information content (AvgIpc) is 2.49. The summed E-state index contributed by atoms with van der Waals surface area (Å²) < 4.78 is 27.1. The monoisotopic (exact) mass is 305 g/mol. The second-order valence-electron chi connectivity index (χ2n) is 4.60. The molecule has 2 aromatic rings. The van der Waals surface area contributed by atoms with E-state index in [0.29, 0.717) is 5.56 Å². The van der Waals surface area contributed by atoms with Gasteiger partial charge in [0.15, 0.2) is 11.6 Å². The number of rotatable bonds is 6. The summed E-state index contributed by atoms with van der Waals surface area (Å²) in [4.78, 5) is 1.06. The van der Waals surface area contributed by atoms with Crippen LogP contribution in [0, 0.1) is 11.6 Å². The van der Waals surface area contributed by atoms with Gasteiger partial charge in [-0.25, -0.2) is 8.78 Å². The van der Waals surface area contributed by atoms with Gasteiger partial charge in [-0.1, -0.05) is 30.3 Å². The highest BCUT2D eigenvalue weighted by Gasteiger charge is 2.15. The quantitative estimate of drug-likeness (QED) is 0.565. The Labute approximate surface area is 128 Å². The van der Waals surface area contributed by atoms with E-state index in [0.717, 1.165) is 22.4 Å². The molecule has 0 amide bonds. The number of benzene rings is 2. The molecule has 0 aliphatic carbocycles. The molecule has 0 aliphatic rings. The molecule has 1 nitrogen and oxygen atoms in total. The summed E-state index contributed by atoms with van der Waals surface area (Å²) in [6.07, 6.45) is 1.83. The first-order chi connectivity index (χ1) is 10.1. The number of halogens is 2. The normalized spacial score (nSPS) is 12.0. The molecule has 1 atom stereocenters. The van der Waals surface area contributed by atoms with Gasteiger partial charge in [-0.15, -0.1) is 18.3 Å². The molecular formula is C17H17F2NS. The SMILES string of the molecule is C=CCSc1ccccc1NC(C)c1cccc(F)c1F. The van der Waals surface area contributed by atoms with Crippen molar-refractivity contribution in [1.82, 2.24) is 0 Å². The Morgan fingerprint density at radius 3 is 2.71 bits per heavy atom. The topological polar surface area (TPSA) is 12.0 Å². The lowest BCUT2D eigenvalue weighted by Crippen LogP contribution is -2.10. The van der Waals surface area contributed by atoms with E-state index < -0.39 is 11.6 Å². The zero-order valence-electron chi connectivity index (χ0n) is 11.8. The Kier molecular flexibility index (Phi) is 5.39. The largest absolute Gasteiger partial charge is 0.378 e. The van der Waals surface area contributed by atoms with Crippen molar-refractivity contribution in [2.45, 2.75) is 17.9 Å². The fourth-order valence-electron chi connectivity index (χ4n) is 2.03. The summed E-state index contributed by atoms with van der Waals surface area (Å²) in [5.74, 6) is -0.828. The third-order valence-electron chi connectivity index (χ3n) is 3.06. The van der Waals surface area contributed by atoms with Crippen LogP contribution in [-0.4, -0.2) is 5.75 Å². The van der Waals surface area contributed by atoms with Crippen molar-refractivity contribution in [3.63, 3.8) is 0 Å². The van der Waals surface area contributed by atoms with Crippen LogP contribution in [0.15, 0.2) is 60.0 Å².